The molecule has 0 aromatic rings. The molecule has 1 fully saturated rings. The zero-order valence-corrected chi connectivity index (χ0v) is 24.1. The first-order valence-electron chi connectivity index (χ1n) is 10.2. The molecular formula is C19H45N5O3Si4. The second-order valence-electron chi connectivity index (χ2n) is 9.36. The second kappa shape index (κ2) is 16.7. The van der Waals surface area contributed by atoms with Gasteiger partial charge in [0.2, 0.25) is 0 Å². The Bertz CT molecular complexity index is 544. The summed E-state index contributed by atoms with van der Waals surface area (Å²) in [5, 5.41) is 32.1. The predicted octanol–water partition coefficient (Wildman–Crippen LogP) is 3.91. The molecule has 8 nitrogen and oxygen atoms in total. The van der Waals surface area contributed by atoms with Crippen molar-refractivity contribution in [1.29, 1.82) is 15.8 Å². The Kier molecular flexibility index (Phi) is 18.7. The largest absolute Gasteiger partial charge is 0.395 e. The van der Waals surface area contributed by atoms with Gasteiger partial charge in [-0.3, -0.25) is 0 Å². The van der Waals surface area contributed by atoms with E-state index in [1.54, 1.807) is 6.07 Å². The van der Waals surface area contributed by atoms with E-state index in [9.17, 15) is 0 Å². The first-order chi connectivity index (χ1) is 13.7. The van der Waals surface area contributed by atoms with Crippen molar-refractivity contribution in [3.8, 4) is 18.2 Å². The monoisotopic (exact) mass is 503 g/mol. The number of hydrogen-bond acceptors (Lipinski definition) is 8. The van der Waals surface area contributed by atoms with Crippen LogP contribution in [0.4, 0.5) is 0 Å². The van der Waals surface area contributed by atoms with Crippen LogP contribution in [0.1, 0.15) is 26.7 Å². The SMILES string of the molecule is C.C[Si](C)(OCCC#N)OCCC#N.C[Si]1(C)C[Si](C)(C)N[Si](C)(C)N1.N#CCCO. The van der Waals surface area contributed by atoms with Gasteiger partial charge in [-0.05, 0) is 31.9 Å². The van der Waals surface area contributed by atoms with Crippen LogP contribution < -0.4 is 9.30 Å². The van der Waals surface area contributed by atoms with Crippen molar-refractivity contribution in [2.45, 2.75) is 84.7 Å². The molecular weight excluding hydrogens is 459 g/mol. The molecule has 12 heteroatoms. The maximum absolute atomic E-state index is 8.28. The number of aliphatic hydroxyl groups is 1. The fourth-order valence-electron chi connectivity index (χ4n) is 3.69. The summed E-state index contributed by atoms with van der Waals surface area (Å²) in [6, 6.07) is 5.76. The van der Waals surface area contributed by atoms with E-state index in [-0.39, 0.29) is 20.5 Å². The van der Waals surface area contributed by atoms with Crippen molar-refractivity contribution in [2.75, 3.05) is 19.8 Å². The Morgan fingerprint density at radius 2 is 1.16 bits per heavy atom. The van der Waals surface area contributed by atoms with Gasteiger partial charge in [0.15, 0.2) is 8.40 Å². The number of rotatable bonds is 7. The lowest BCUT2D eigenvalue weighted by atomic mass is 10.5. The van der Waals surface area contributed by atoms with Gasteiger partial charge in [0.25, 0.3) is 0 Å². The summed E-state index contributed by atoms with van der Waals surface area (Å²) in [5.41, 5.74) is 1.47. The van der Waals surface area contributed by atoms with Gasteiger partial charge in [-0.1, -0.05) is 33.6 Å². The van der Waals surface area contributed by atoms with Crippen LogP contribution in [0.15, 0.2) is 0 Å². The van der Waals surface area contributed by atoms with Crippen LogP contribution in [0.3, 0.4) is 0 Å². The van der Waals surface area contributed by atoms with E-state index in [0.29, 0.717) is 26.1 Å². The first kappa shape index (κ1) is 34.7. The van der Waals surface area contributed by atoms with Crippen molar-refractivity contribution in [2.24, 2.45) is 0 Å². The molecule has 31 heavy (non-hydrogen) atoms. The van der Waals surface area contributed by atoms with Crippen molar-refractivity contribution in [3.05, 3.63) is 0 Å². The van der Waals surface area contributed by atoms with Crippen molar-refractivity contribution in [3.63, 3.8) is 0 Å². The van der Waals surface area contributed by atoms with Gasteiger partial charge in [0, 0.05) is 13.2 Å². The number of nitriles is 3. The van der Waals surface area contributed by atoms with Gasteiger partial charge in [0.05, 0.1) is 44.1 Å². The molecule has 0 atom stereocenters. The molecule has 0 radical (unpaired) electrons. The zero-order valence-electron chi connectivity index (χ0n) is 20.1. The highest BCUT2D eigenvalue weighted by atomic mass is 28.5. The molecule has 0 aromatic heterocycles. The molecule has 0 bridgehead atoms. The van der Waals surface area contributed by atoms with E-state index in [4.69, 9.17) is 29.7 Å². The fourth-order valence-corrected chi connectivity index (χ4v) is 30.4. The van der Waals surface area contributed by atoms with E-state index in [2.05, 4.69) is 48.6 Å². The quantitative estimate of drug-likeness (QED) is 0.351. The van der Waals surface area contributed by atoms with E-state index >= 15 is 0 Å². The lowest BCUT2D eigenvalue weighted by molar-refractivity contribution is 0.186. The Morgan fingerprint density at radius 3 is 1.39 bits per heavy atom. The minimum atomic E-state index is -2.08. The molecule has 0 amide bonds. The van der Waals surface area contributed by atoms with E-state index in [1.807, 2.05) is 25.2 Å². The Labute approximate surface area is 195 Å². The molecule has 0 spiro atoms. The third-order valence-electron chi connectivity index (χ3n) is 3.74. The van der Waals surface area contributed by atoms with Crippen LogP contribution >= 0.6 is 0 Å². The highest BCUT2D eigenvalue weighted by molar-refractivity contribution is 7.07. The van der Waals surface area contributed by atoms with Crippen LogP contribution in [0, 0.1) is 34.0 Å². The van der Waals surface area contributed by atoms with Crippen molar-refractivity contribution < 1.29 is 14.0 Å². The van der Waals surface area contributed by atoms with Gasteiger partial charge in [-0.25, -0.2) is 0 Å². The Hall–Kier alpha value is -0.862. The second-order valence-corrected chi connectivity index (χ2v) is 26.9. The predicted molar refractivity (Wildman–Crippen MR) is 137 cm³/mol. The minimum absolute atomic E-state index is 0. The topological polar surface area (TPSA) is 134 Å². The number of nitrogens with one attached hydrogen (secondary N) is 2. The zero-order chi connectivity index (χ0) is 23.9. The average Bonchev–Trinajstić information content (AvgIpc) is 2.52. The number of hydrogen-bond donors (Lipinski definition) is 3. The summed E-state index contributed by atoms with van der Waals surface area (Å²) in [5.74, 6) is 0. The molecule has 0 aliphatic carbocycles. The molecule has 3 N–H and O–H groups in total. The van der Waals surface area contributed by atoms with Crippen molar-refractivity contribution in [1.82, 2.24) is 9.30 Å². The summed E-state index contributed by atoms with van der Waals surface area (Å²) in [6.07, 6.45) is 1.02. The van der Waals surface area contributed by atoms with E-state index in [1.165, 1.54) is 5.67 Å². The van der Waals surface area contributed by atoms with Crippen LogP contribution in [0.25, 0.3) is 0 Å². The molecule has 0 unspecified atom stereocenters. The van der Waals surface area contributed by atoms with Crippen LogP contribution in [-0.2, 0) is 8.85 Å². The van der Waals surface area contributed by atoms with Gasteiger partial charge in [-0.15, -0.1) is 0 Å². The van der Waals surface area contributed by atoms with Gasteiger partial charge in [0.1, 0.15) is 16.5 Å². The number of nitrogens with zero attached hydrogens (tertiary/aromatic N) is 3. The highest BCUT2D eigenvalue weighted by Crippen LogP contribution is 2.22. The normalized spacial score (nSPS) is 17.6. The lowest BCUT2D eigenvalue weighted by Crippen LogP contribution is -2.79. The van der Waals surface area contributed by atoms with Gasteiger partial charge < -0.3 is 23.3 Å². The smallest absolute Gasteiger partial charge is 0.331 e. The third-order valence-corrected chi connectivity index (χ3v) is 23.0. The molecule has 1 aliphatic heterocycles. The fraction of sp³-hybridized carbons (Fsp3) is 0.842. The van der Waals surface area contributed by atoms with Gasteiger partial charge >= 0.3 is 8.56 Å². The van der Waals surface area contributed by atoms with Crippen LogP contribution in [0.2, 0.25) is 58.0 Å². The molecule has 1 saturated heterocycles. The van der Waals surface area contributed by atoms with Crippen molar-refractivity contribution >= 4 is 33.4 Å². The van der Waals surface area contributed by atoms with Crippen LogP contribution in [-0.4, -0.2) is 58.4 Å². The molecule has 0 aromatic carbocycles. The van der Waals surface area contributed by atoms with E-state index < -0.39 is 33.4 Å². The van der Waals surface area contributed by atoms with Crippen LogP contribution in [0.5, 0.6) is 0 Å². The third kappa shape index (κ3) is 22.1. The summed E-state index contributed by atoms with van der Waals surface area (Å²) in [6.45, 7) is 19.3. The summed E-state index contributed by atoms with van der Waals surface area (Å²) >= 11 is 0. The molecule has 180 valence electrons. The Balaban J connectivity index is -0.000000407. The summed E-state index contributed by atoms with van der Waals surface area (Å²) in [4.78, 5) is 0. The molecule has 1 aliphatic rings. The maximum atomic E-state index is 8.28. The Morgan fingerprint density at radius 1 is 0.806 bits per heavy atom. The first-order valence-corrected chi connectivity index (χ1v) is 22.5. The van der Waals surface area contributed by atoms with Gasteiger partial charge in [-0.2, -0.15) is 15.8 Å². The number of aliphatic hydroxyl groups excluding tert-OH is 1. The lowest BCUT2D eigenvalue weighted by Gasteiger charge is -2.48. The molecule has 1 heterocycles. The van der Waals surface area contributed by atoms with E-state index in [0.717, 1.165) is 0 Å². The minimum Gasteiger partial charge on any atom is -0.395 e. The maximum Gasteiger partial charge on any atom is 0.331 e. The summed E-state index contributed by atoms with van der Waals surface area (Å²) < 4.78 is 18.6. The molecule has 0 saturated carbocycles. The summed E-state index contributed by atoms with van der Waals surface area (Å²) in [7, 11) is -5.42. The molecule has 1 rings (SSSR count). The highest BCUT2D eigenvalue weighted by Gasteiger charge is 2.44. The average molecular weight is 504 g/mol. The standard InChI is InChI=1S/C8H14N2O2Si.C7H22N2Si3.C3H5NO.CH4/c1-13(2,11-7-3-5-9)12-8-4-6-10;1-10(2)7-11(3,4)9-12(5,6)8-10;4-2-1-3-5;/h3-4,7-8H2,1-2H3;8-9H,7H2,1-6H3;5H,1,3H2;1H4.